The lowest BCUT2D eigenvalue weighted by Crippen LogP contribution is -2.25. The van der Waals surface area contributed by atoms with Gasteiger partial charge in [-0.25, -0.2) is 4.98 Å². The Morgan fingerprint density at radius 1 is 1.16 bits per heavy atom. The van der Waals surface area contributed by atoms with Crippen LogP contribution in [0.3, 0.4) is 0 Å². The molecule has 1 saturated carbocycles. The van der Waals surface area contributed by atoms with Gasteiger partial charge in [-0.3, -0.25) is 4.79 Å². The van der Waals surface area contributed by atoms with Crippen LogP contribution >= 0.6 is 0 Å². The van der Waals surface area contributed by atoms with Crippen molar-refractivity contribution < 1.29 is 9.53 Å². The Balaban J connectivity index is 1.64. The van der Waals surface area contributed by atoms with Gasteiger partial charge in [0.15, 0.2) is 0 Å². The molecule has 1 amide bonds. The number of carbonyl (C=O) groups is 1. The second-order valence-corrected chi connectivity index (χ2v) is 6.59. The number of carbonyl (C=O) groups excluding carboxylic acids is 1. The highest BCUT2D eigenvalue weighted by atomic mass is 16.5. The minimum Gasteiger partial charge on any atom is -0.495 e. The van der Waals surface area contributed by atoms with Crippen molar-refractivity contribution in [1.82, 2.24) is 4.98 Å². The van der Waals surface area contributed by atoms with Gasteiger partial charge in [0.2, 0.25) is 5.91 Å². The number of benzene rings is 1. The number of aryl methyl sites for hydroxylation is 1. The number of anilines is 3. The van der Waals surface area contributed by atoms with Gasteiger partial charge in [0.05, 0.1) is 24.7 Å². The summed E-state index contributed by atoms with van der Waals surface area (Å²) in [6.45, 7) is 2.03. The maximum absolute atomic E-state index is 12.3. The van der Waals surface area contributed by atoms with Crippen molar-refractivity contribution in [1.29, 1.82) is 0 Å². The summed E-state index contributed by atoms with van der Waals surface area (Å²) in [6.07, 6.45) is 7.22. The van der Waals surface area contributed by atoms with Crippen LogP contribution in [0.5, 0.6) is 5.75 Å². The van der Waals surface area contributed by atoms with Gasteiger partial charge in [-0.15, -0.1) is 0 Å². The fourth-order valence-electron chi connectivity index (χ4n) is 3.21. The first-order valence-corrected chi connectivity index (χ1v) is 8.84. The third kappa shape index (κ3) is 4.50. The molecule has 2 aromatic rings. The van der Waals surface area contributed by atoms with E-state index >= 15 is 0 Å². The number of hydrogen-bond donors (Lipinski definition) is 2. The Morgan fingerprint density at radius 3 is 2.64 bits per heavy atom. The Labute approximate surface area is 148 Å². The Morgan fingerprint density at radius 2 is 1.96 bits per heavy atom. The topological polar surface area (TPSA) is 63.2 Å². The SMILES string of the molecule is COc1ccc(C)cc1Nc1ccc(NC(=O)C2CCCCC2)nc1. The summed E-state index contributed by atoms with van der Waals surface area (Å²) < 4.78 is 5.38. The molecule has 5 nitrogen and oxygen atoms in total. The Kier molecular flexibility index (Phi) is 5.53. The number of aromatic nitrogens is 1. The van der Waals surface area contributed by atoms with Gasteiger partial charge in [-0.1, -0.05) is 25.3 Å². The summed E-state index contributed by atoms with van der Waals surface area (Å²) >= 11 is 0. The lowest BCUT2D eigenvalue weighted by Gasteiger charge is -2.20. The molecule has 25 heavy (non-hydrogen) atoms. The molecule has 0 saturated heterocycles. The zero-order valence-electron chi connectivity index (χ0n) is 14.8. The fourth-order valence-corrected chi connectivity index (χ4v) is 3.21. The van der Waals surface area contributed by atoms with Crippen LogP contribution < -0.4 is 15.4 Å². The monoisotopic (exact) mass is 339 g/mol. The van der Waals surface area contributed by atoms with Crippen LogP contribution in [-0.4, -0.2) is 18.0 Å². The summed E-state index contributed by atoms with van der Waals surface area (Å²) in [5, 5.41) is 6.24. The number of hydrogen-bond acceptors (Lipinski definition) is 4. The smallest absolute Gasteiger partial charge is 0.228 e. The summed E-state index contributed by atoms with van der Waals surface area (Å²) in [5.74, 6) is 1.59. The fraction of sp³-hybridized carbons (Fsp3) is 0.400. The number of nitrogens with zero attached hydrogens (tertiary/aromatic N) is 1. The Hall–Kier alpha value is -2.56. The van der Waals surface area contributed by atoms with E-state index in [2.05, 4.69) is 15.6 Å². The zero-order chi connectivity index (χ0) is 17.6. The highest BCUT2D eigenvalue weighted by Crippen LogP contribution is 2.29. The molecule has 1 fully saturated rings. The molecule has 3 rings (SSSR count). The van der Waals surface area contributed by atoms with Gasteiger partial charge in [0.25, 0.3) is 0 Å². The van der Waals surface area contributed by atoms with E-state index in [1.54, 1.807) is 13.3 Å². The largest absolute Gasteiger partial charge is 0.495 e. The van der Waals surface area contributed by atoms with Crippen molar-refractivity contribution in [2.45, 2.75) is 39.0 Å². The number of nitrogens with one attached hydrogen (secondary N) is 2. The van der Waals surface area contributed by atoms with Crippen molar-refractivity contribution in [3.05, 3.63) is 42.1 Å². The van der Waals surface area contributed by atoms with Crippen molar-refractivity contribution >= 4 is 23.1 Å². The molecule has 132 valence electrons. The van der Waals surface area contributed by atoms with E-state index < -0.39 is 0 Å². The van der Waals surface area contributed by atoms with Crippen LogP contribution in [0.1, 0.15) is 37.7 Å². The van der Waals surface area contributed by atoms with E-state index in [1.807, 2.05) is 37.3 Å². The van der Waals surface area contributed by atoms with Gasteiger partial charge in [0.1, 0.15) is 11.6 Å². The van der Waals surface area contributed by atoms with Crippen LogP contribution in [0.15, 0.2) is 36.5 Å². The van der Waals surface area contributed by atoms with Crippen LogP contribution in [0, 0.1) is 12.8 Å². The third-order valence-corrected chi connectivity index (χ3v) is 4.62. The lowest BCUT2D eigenvalue weighted by molar-refractivity contribution is -0.120. The van der Waals surface area contributed by atoms with Crippen molar-refractivity contribution in [3.63, 3.8) is 0 Å². The maximum atomic E-state index is 12.3. The number of methoxy groups -OCH3 is 1. The van der Waals surface area contributed by atoms with Crippen molar-refractivity contribution in [3.8, 4) is 5.75 Å². The van der Waals surface area contributed by atoms with Gasteiger partial charge in [0, 0.05) is 5.92 Å². The molecule has 1 aliphatic rings. The van der Waals surface area contributed by atoms with Crippen molar-refractivity contribution in [2.75, 3.05) is 17.7 Å². The maximum Gasteiger partial charge on any atom is 0.228 e. The first kappa shape index (κ1) is 17.3. The number of amides is 1. The second kappa shape index (κ2) is 8.01. The molecule has 1 aliphatic carbocycles. The van der Waals surface area contributed by atoms with E-state index in [0.717, 1.165) is 48.4 Å². The second-order valence-electron chi connectivity index (χ2n) is 6.59. The molecule has 1 aromatic carbocycles. The minimum absolute atomic E-state index is 0.0910. The van der Waals surface area contributed by atoms with Gasteiger partial charge < -0.3 is 15.4 Å². The molecule has 0 spiro atoms. The molecule has 5 heteroatoms. The predicted molar refractivity (Wildman–Crippen MR) is 100 cm³/mol. The molecule has 0 aliphatic heterocycles. The molecule has 0 radical (unpaired) electrons. The van der Waals surface area contributed by atoms with Gasteiger partial charge >= 0.3 is 0 Å². The van der Waals surface area contributed by atoms with Gasteiger partial charge in [-0.2, -0.15) is 0 Å². The van der Waals surface area contributed by atoms with Gasteiger partial charge in [-0.05, 0) is 49.6 Å². The molecule has 0 unspecified atom stereocenters. The summed E-state index contributed by atoms with van der Waals surface area (Å²) in [6, 6.07) is 9.70. The predicted octanol–water partition coefficient (Wildman–Crippen LogP) is 4.66. The molecule has 2 N–H and O–H groups in total. The third-order valence-electron chi connectivity index (χ3n) is 4.62. The highest BCUT2D eigenvalue weighted by molar-refractivity contribution is 5.91. The summed E-state index contributed by atoms with van der Waals surface area (Å²) in [5.41, 5.74) is 2.88. The molecule has 0 atom stereocenters. The molecule has 1 aromatic heterocycles. The summed E-state index contributed by atoms with van der Waals surface area (Å²) in [7, 11) is 1.65. The molecular weight excluding hydrogens is 314 g/mol. The number of ether oxygens (including phenoxy) is 1. The first-order chi connectivity index (χ1) is 12.2. The average molecular weight is 339 g/mol. The lowest BCUT2D eigenvalue weighted by atomic mass is 9.89. The van der Waals surface area contributed by atoms with E-state index in [4.69, 9.17) is 4.74 Å². The van der Waals surface area contributed by atoms with E-state index in [0.29, 0.717) is 5.82 Å². The normalized spacial score (nSPS) is 14.8. The number of pyridine rings is 1. The average Bonchev–Trinajstić information content (AvgIpc) is 2.64. The van der Waals surface area contributed by atoms with E-state index in [1.165, 1.54) is 6.42 Å². The standard InChI is InChI=1S/C20H25N3O2/c1-14-8-10-18(25-2)17(12-14)22-16-9-11-19(21-13-16)23-20(24)15-6-4-3-5-7-15/h8-13,15,22H,3-7H2,1-2H3,(H,21,23,24). The van der Waals surface area contributed by atoms with Crippen LogP contribution in [0.2, 0.25) is 0 Å². The van der Waals surface area contributed by atoms with Crippen LogP contribution in [-0.2, 0) is 4.79 Å². The first-order valence-electron chi connectivity index (χ1n) is 8.84. The highest BCUT2D eigenvalue weighted by Gasteiger charge is 2.21. The van der Waals surface area contributed by atoms with Crippen LogP contribution in [0.4, 0.5) is 17.2 Å². The molecule has 0 bridgehead atoms. The number of rotatable bonds is 5. The van der Waals surface area contributed by atoms with Crippen molar-refractivity contribution in [2.24, 2.45) is 5.92 Å². The van der Waals surface area contributed by atoms with E-state index in [-0.39, 0.29) is 11.8 Å². The van der Waals surface area contributed by atoms with Crippen LogP contribution in [0.25, 0.3) is 0 Å². The summed E-state index contributed by atoms with van der Waals surface area (Å²) in [4.78, 5) is 16.6. The minimum atomic E-state index is 0.0910. The zero-order valence-corrected chi connectivity index (χ0v) is 14.8. The quantitative estimate of drug-likeness (QED) is 0.831. The van der Waals surface area contributed by atoms with E-state index in [9.17, 15) is 4.79 Å². The Bertz CT molecular complexity index is 722. The molecule has 1 heterocycles. The molecular formula is C20H25N3O2.